The van der Waals surface area contributed by atoms with Gasteiger partial charge in [0.1, 0.15) is 12.2 Å². The lowest BCUT2D eigenvalue weighted by Crippen LogP contribution is -2.34. The Hall–Kier alpha value is -0.980. The third-order valence-electron chi connectivity index (χ3n) is 2.41. The van der Waals surface area contributed by atoms with Gasteiger partial charge in [-0.1, -0.05) is 0 Å². The van der Waals surface area contributed by atoms with E-state index in [1.54, 1.807) is 6.33 Å². The molecule has 18 heavy (non-hydrogen) atoms. The van der Waals surface area contributed by atoms with Crippen LogP contribution in [0.25, 0.3) is 0 Å². The molecule has 0 saturated carbocycles. The van der Waals surface area contributed by atoms with E-state index < -0.39 is 6.10 Å². The normalized spacial score (nSPS) is 13.8. The van der Waals surface area contributed by atoms with E-state index in [9.17, 15) is 5.11 Å². The summed E-state index contributed by atoms with van der Waals surface area (Å²) in [6.07, 6.45) is 1.19. The number of ether oxygens (including phenoxy) is 1. The molecule has 0 aromatic carbocycles. The average Bonchev–Trinajstić information content (AvgIpc) is 2.73. The Morgan fingerprint density at radius 1 is 1.50 bits per heavy atom. The van der Waals surface area contributed by atoms with Crippen LogP contribution in [0.3, 0.4) is 0 Å². The van der Waals surface area contributed by atoms with Gasteiger partial charge in [0.25, 0.3) is 0 Å². The number of aromatic nitrogens is 3. The second kappa shape index (κ2) is 6.82. The minimum absolute atomic E-state index is 0.219. The van der Waals surface area contributed by atoms with Crippen molar-refractivity contribution in [1.82, 2.24) is 20.1 Å². The lowest BCUT2D eigenvalue weighted by atomic mass is 10.2. The summed E-state index contributed by atoms with van der Waals surface area (Å²) in [5, 5.41) is 20.7. The van der Waals surface area contributed by atoms with Crippen LogP contribution >= 0.6 is 0 Å². The maximum absolute atomic E-state index is 9.74. The third-order valence-corrected chi connectivity index (χ3v) is 2.41. The van der Waals surface area contributed by atoms with Crippen molar-refractivity contribution < 1.29 is 9.84 Å². The molecule has 1 aromatic heterocycles. The Labute approximate surface area is 108 Å². The van der Waals surface area contributed by atoms with E-state index in [2.05, 4.69) is 15.5 Å². The molecule has 0 spiro atoms. The van der Waals surface area contributed by atoms with Gasteiger partial charge in [0, 0.05) is 13.1 Å². The van der Waals surface area contributed by atoms with Gasteiger partial charge in [-0.2, -0.15) is 0 Å². The highest BCUT2D eigenvalue weighted by Gasteiger charge is 2.13. The highest BCUT2D eigenvalue weighted by atomic mass is 16.5. The highest BCUT2D eigenvalue weighted by molar-refractivity contribution is 4.84. The van der Waals surface area contributed by atoms with Crippen LogP contribution in [0.4, 0.5) is 0 Å². The lowest BCUT2D eigenvalue weighted by molar-refractivity contribution is -0.0479. The largest absolute Gasteiger partial charge is 0.389 e. The molecule has 0 fully saturated rings. The first kappa shape index (κ1) is 15.1. The average molecular weight is 256 g/mol. The second-order valence-corrected chi connectivity index (χ2v) is 5.24. The third kappa shape index (κ3) is 5.57. The number of nitrogens with zero attached hydrogens (tertiary/aromatic N) is 3. The summed E-state index contributed by atoms with van der Waals surface area (Å²) in [5.41, 5.74) is -0.219. The van der Waals surface area contributed by atoms with Crippen LogP contribution in [0.15, 0.2) is 6.33 Å². The fraction of sp³-hybridized carbons (Fsp3) is 0.833. The first-order valence-corrected chi connectivity index (χ1v) is 6.32. The molecule has 1 rings (SSSR count). The van der Waals surface area contributed by atoms with Gasteiger partial charge < -0.3 is 19.7 Å². The maximum atomic E-state index is 9.74. The molecule has 0 amide bonds. The van der Waals surface area contributed by atoms with Gasteiger partial charge in [0.2, 0.25) is 0 Å². The molecule has 0 radical (unpaired) electrons. The Morgan fingerprint density at radius 2 is 2.22 bits per heavy atom. The second-order valence-electron chi connectivity index (χ2n) is 5.24. The van der Waals surface area contributed by atoms with Gasteiger partial charge in [0.05, 0.1) is 24.9 Å². The number of hydrogen-bond acceptors (Lipinski definition) is 5. The van der Waals surface area contributed by atoms with Crippen LogP contribution in [0.1, 0.15) is 33.5 Å². The van der Waals surface area contributed by atoms with E-state index in [1.807, 2.05) is 32.3 Å². The Balaban J connectivity index is 2.21. The van der Waals surface area contributed by atoms with Crippen molar-refractivity contribution in [3.05, 3.63) is 12.2 Å². The van der Waals surface area contributed by atoms with Crippen molar-refractivity contribution in [2.24, 2.45) is 0 Å². The Morgan fingerprint density at radius 3 is 2.83 bits per heavy atom. The van der Waals surface area contributed by atoms with Crippen LogP contribution in [-0.4, -0.2) is 44.7 Å². The van der Waals surface area contributed by atoms with Gasteiger partial charge in [-0.15, -0.1) is 10.2 Å². The molecule has 1 atom stereocenters. The van der Waals surface area contributed by atoms with Gasteiger partial charge in [-0.3, -0.25) is 0 Å². The van der Waals surface area contributed by atoms with Crippen LogP contribution in [0.2, 0.25) is 0 Å². The van der Waals surface area contributed by atoms with Gasteiger partial charge >= 0.3 is 0 Å². The topological polar surface area (TPSA) is 72.2 Å². The van der Waals surface area contributed by atoms with Crippen molar-refractivity contribution in [3.8, 4) is 0 Å². The summed E-state index contributed by atoms with van der Waals surface area (Å²) < 4.78 is 7.46. The van der Waals surface area contributed by atoms with Crippen molar-refractivity contribution in [1.29, 1.82) is 0 Å². The predicted octanol–water partition coefficient (Wildman–Crippen LogP) is 0.564. The molecule has 6 heteroatoms. The smallest absolute Gasteiger partial charge is 0.146 e. The number of aliphatic hydroxyl groups is 1. The summed E-state index contributed by atoms with van der Waals surface area (Å²) in [6.45, 7) is 10.2. The number of aliphatic hydroxyl groups excluding tert-OH is 1. The van der Waals surface area contributed by atoms with Crippen LogP contribution < -0.4 is 5.32 Å². The Bertz CT molecular complexity index is 346. The van der Waals surface area contributed by atoms with Crippen LogP contribution in [0, 0.1) is 0 Å². The lowest BCUT2D eigenvalue weighted by Gasteiger charge is -2.22. The van der Waals surface area contributed by atoms with Crippen molar-refractivity contribution in [2.45, 2.75) is 52.5 Å². The molecule has 0 aliphatic heterocycles. The van der Waals surface area contributed by atoms with E-state index in [-0.39, 0.29) is 5.60 Å². The van der Waals surface area contributed by atoms with Crippen molar-refractivity contribution >= 4 is 0 Å². The number of rotatable bonds is 7. The Kier molecular flexibility index (Phi) is 5.71. The molecule has 1 heterocycles. The molecule has 0 bridgehead atoms. The fourth-order valence-corrected chi connectivity index (χ4v) is 1.44. The van der Waals surface area contributed by atoms with E-state index in [0.29, 0.717) is 19.7 Å². The minimum atomic E-state index is -0.512. The van der Waals surface area contributed by atoms with Crippen molar-refractivity contribution in [2.75, 3.05) is 13.2 Å². The zero-order chi connectivity index (χ0) is 13.6. The first-order valence-electron chi connectivity index (χ1n) is 6.32. The van der Waals surface area contributed by atoms with Gasteiger partial charge in [-0.05, 0) is 27.7 Å². The summed E-state index contributed by atoms with van der Waals surface area (Å²) in [6, 6.07) is 0. The molecule has 6 nitrogen and oxygen atoms in total. The van der Waals surface area contributed by atoms with E-state index >= 15 is 0 Å². The zero-order valence-electron chi connectivity index (χ0n) is 11.7. The van der Waals surface area contributed by atoms with Crippen molar-refractivity contribution in [3.63, 3.8) is 0 Å². The monoisotopic (exact) mass is 256 g/mol. The summed E-state index contributed by atoms with van der Waals surface area (Å²) in [5.74, 6) is 0.876. The number of nitrogens with one attached hydrogen (secondary N) is 1. The fourth-order valence-electron chi connectivity index (χ4n) is 1.44. The van der Waals surface area contributed by atoms with E-state index in [0.717, 1.165) is 12.4 Å². The standard InChI is InChI=1S/C12H24N4O2/c1-5-16-9-14-15-11(16)7-13-6-10(17)8-18-12(2,3)4/h9-10,13,17H,5-8H2,1-4H3. The van der Waals surface area contributed by atoms with Crippen LogP contribution in [0.5, 0.6) is 0 Å². The summed E-state index contributed by atoms with van der Waals surface area (Å²) in [4.78, 5) is 0. The first-order chi connectivity index (χ1) is 8.42. The van der Waals surface area contributed by atoms with E-state index in [1.165, 1.54) is 0 Å². The van der Waals surface area contributed by atoms with Gasteiger partial charge in [0.15, 0.2) is 0 Å². The maximum Gasteiger partial charge on any atom is 0.146 e. The minimum Gasteiger partial charge on any atom is -0.389 e. The number of hydrogen-bond donors (Lipinski definition) is 2. The molecule has 104 valence electrons. The molecule has 1 aromatic rings. The number of aryl methyl sites for hydroxylation is 1. The summed E-state index contributed by atoms with van der Waals surface area (Å²) >= 11 is 0. The molecule has 0 saturated heterocycles. The van der Waals surface area contributed by atoms with Crippen LogP contribution in [-0.2, 0) is 17.8 Å². The van der Waals surface area contributed by atoms with Gasteiger partial charge in [-0.25, -0.2) is 0 Å². The SMILES string of the molecule is CCn1cnnc1CNCC(O)COC(C)(C)C. The molecular weight excluding hydrogens is 232 g/mol. The summed E-state index contributed by atoms with van der Waals surface area (Å²) in [7, 11) is 0. The molecule has 1 unspecified atom stereocenters. The highest BCUT2D eigenvalue weighted by Crippen LogP contribution is 2.06. The molecule has 0 aliphatic rings. The zero-order valence-corrected chi connectivity index (χ0v) is 11.7. The predicted molar refractivity (Wildman–Crippen MR) is 69.1 cm³/mol. The molecular formula is C12H24N4O2. The van der Waals surface area contributed by atoms with E-state index in [4.69, 9.17) is 4.74 Å². The molecule has 0 aliphatic carbocycles. The quantitative estimate of drug-likeness (QED) is 0.746. The molecule has 2 N–H and O–H groups in total.